The lowest BCUT2D eigenvalue weighted by Crippen LogP contribution is -2.43. The zero-order valence-corrected chi connectivity index (χ0v) is 13.2. The van der Waals surface area contributed by atoms with E-state index in [1.165, 1.54) is 16.4 Å². The molecule has 0 amide bonds. The molecular weight excluding hydrogens is 312 g/mol. The summed E-state index contributed by atoms with van der Waals surface area (Å²) in [5, 5.41) is 9.21. The first-order chi connectivity index (χ1) is 11.1. The van der Waals surface area contributed by atoms with Gasteiger partial charge in [-0.2, -0.15) is 9.57 Å². The van der Waals surface area contributed by atoms with Crippen LogP contribution >= 0.6 is 0 Å². The molecule has 0 saturated carbocycles. The number of sulfonamides is 1. The summed E-state index contributed by atoms with van der Waals surface area (Å²) in [6, 6.07) is 17.3. The van der Waals surface area contributed by atoms with Gasteiger partial charge >= 0.3 is 0 Å². The first kappa shape index (κ1) is 15.7. The summed E-state index contributed by atoms with van der Waals surface area (Å²) >= 11 is 0. The third kappa shape index (κ3) is 2.99. The van der Waals surface area contributed by atoms with Gasteiger partial charge in [-0.15, -0.1) is 0 Å². The fourth-order valence-corrected chi connectivity index (χ4v) is 4.45. The molecule has 3 rings (SSSR count). The second-order valence-electron chi connectivity index (χ2n) is 5.23. The molecule has 1 saturated heterocycles. The third-order valence-corrected chi connectivity index (χ3v) is 5.82. The number of rotatable bonds is 3. The molecule has 0 spiro atoms. The van der Waals surface area contributed by atoms with Crippen molar-refractivity contribution in [1.29, 1.82) is 5.26 Å². The largest absolute Gasteiger partial charge is 0.378 e. The van der Waals surface area contributed by atoms with Gasteiger partial charge in [0.15, 0.2) is 0 Å². The van der Waals surface area contributed by atoms with Gasteiger partial charge in [0.1, 0.15) is 6.07 Å². The highest BCUT2D eigenvalue weighted by Crippen LogP contribution is 2.31. The Morgan fingerprint density at radius 3 is 2.52 bits per heavy atom. The number of nitriles is 1. The van der Waals surface area contributed by atoms with Gasteiger partial charge in [0.2, 0.25) is 10.0 Å². The predicted molar refractivity (Wildman–Crippen MR) is 85.1 cm³/mol. The number of hydrogen-bond donors (Lipinski definition) is 0. The van der Waals surface area contributed by atoms with Crippen LogP contribution in [0.2, 0.25) is 0 Å². The lowest BCUT2D eigenvalue weighted by atomic mass is 10.1. The average Bonchev–Trinajstić information content (AvgIpc) is 2.62. The first-order valence-electron chi connectivity index (χ1n) is 7.28. The van der Waals surface area contributed by atoms with Crippen molar-refractivity contribution in [1.82, 2.24) is 4.31 Å². The van der Waals surface area contributed by atoms with Crippen molar-refractivity contribution in [2.24, 2.45) is 0 Å². The van der Waals surface area contributed by atoms with Crippen molar-refractivity contribution in [2.45, 2.75) is 10.9 Å². The summed E-state index contributed by atoms with van der Waals surface area (Å²) in [4.78, 5) is 0.0466. The van der Waals surface area contributed by atoms with Crippen molar-refractivity contribution in [3.8, 4) is 6.07 Å². The van der Waals surface area contributed by atoms with E-state index in [-0.39, 0.29) is 23.0 Å². The van der Waals surface area contributed by atoms with Gasteiger partial charge in [-0.1, -0.05) is 42.5 Å². The lowest BCUT2D eigenvalue weighted by Gasteiger charge is -2.35. The summed E-state index contributed by atoms with van der Waals surface area (Å²) in [6.45, 7) is 0.914. The summed E-state index contributed by atoms with van der Waals surface area (Å²) in [7, 11) is -3.77. The van der Waals surface area contributed by atoms with E-state index < -0.39 is 10.0 Å². The highest BCUT2D eigenvalue weighted by molar-refractivity contribution is 7.89. The Labute approximate surface area is 135 Å². The minimum atomic E-state index is -3.77. The summed E-state index contributed by atoms with van der Waals surface area (Å²) in [5.41, 5.74) is 1.04. The molecule has 2 aromatic carbocycles. The Bertz CT molecular complexity index is 828. The van der Waals surface area contributed by atoms with Crippen LogP contribution in [0.1, 0.15) is 17.2 Å². The van der Waals surface area contributed by atoms with Crippen LogP contribution in [0.5, 0.6) is 0 Å². The topological polar surface area (TPSA) is 70.4 Å². The van der Waals surface area contributed by atoms with Gasteiger partial charge in [-0.25, -0.2) is 8.42 Å². The van der Waals surface area contributed by atoms with Gasteiger partial charge in [-0.3, -0.25) is 0 Å². The smallest absolute Gasteiger partial charge is 0.245 e. The molecule has 1 aliphatic heterocycles. The van der Waals surface area contributed by atoms with E-state index in [4.69, 9.17) is 4.74 Å². The fourth-order valence-electron chi connectivity index (χ4n) is 2.72. The van der Waals surface area contributed by atoms with E-state index in [1.807, 2.05) is 36.4 Å². The summed E-state index contributed by atoms with van der Waals surface area (Å²) in [6.07, 6.45) is 0. The third-order valence-electron chi connectivity index (χ3n) is 3.86. The normalized spacial score (nSPS) is 19.2. The summed E-state index contributed by atoms with van der Waals surface area (Å²) in [5.74, 6) is 0. The average molecular weight is 328 g/mol. The highest BCUT2D eigenvalue weighted by atomic mass is 32.2. The van der Waals surface area contributed by atoms with Crippen LogP contribution in [0, 0.1) is 11.3 Å². The monoisotopic (exact) mass is 328 g/mol. The second kappa shape index (κ2) is 6.50. The number of benzene rings is 2. The lowest BCUT2D eigenvalue weighted by molar-refractivity contribution is 0.0320. The van der Waals surface area contributed by atoms with Gasteiger partial charge in [0.05, 0.1) is 29.7 Å². The molecule has 23 heavy (non-hydrogen) atoms. The zero-order chi connectivity index (χ0) is 16.3. The van der Waals surface area contributed by atoms with Crippen molar-refractivity contribution >= 4 is 10.0 Å². The van der Waals surface area contributed by atoms with E-state index in [0.29, 0.717) is 13.2 Å². The molecule has 0 N–H and O–H groups in total. The molecule has 1 unspecified atom stereocenters. The number of nitrogens with zero attached hydrogens (tertiary/aromatic N) is 2. The molecule has 1 aliphatic rings. The highest BCUT2D eigenvalue weighted by Gasteiger charge is 2.36. The van der Waals surface area contributed by atoms with Crippen LogP contribution in [0.15, 0.2) is 59.5 Å². The first-order valence-corrected chi connectivity index (χ1v) is 8.72. The standard InChI is InChI=1S/C17H16N2O3S/c18-12-15-8-4-5-9-17(15)23(20,21)19-10-11-22-13-16(19)14-6-2-1-3-7-14/h1-9,16H,10-11,13H2. The molecule has 0 aromatic heterocycles. The zero-order valence-electron chi connectivity index (χ0n) is 12.4. The Morgan fingerprint density at radius 1 is 1.09 bits per heavy atom. The molecular formula is C17H16N2O3S. The van der Waals surface area contributed by atoms with Crippen molar-refractivity contribution < 1.29 is 13.2 Å². The van der Waals surface area contributed by atoms with E-state index in [2.05, 4.69) is 0 Å². The van der Waals surface area contributed by atoms with Crippen molar-refractivity contribution in [2.75, 3.05) is 19.8 Å². The van der Waals surface area contributed by atoms with Gasteiger partial charge in [-0.05, 0) is 17.7 Å². The van der Waals surface area contributed by atoms with E-state index in [9.17, 15) is 13.7 Å². The van der Waals surface area contributed by atoms with Crippen LogP contribution < -0.4 is 0 Å². The van der Waals surface area contributed by atoms with Gasteiger partial charge in [0, 0.05) is 6.54 Å². The van der Waals surface area contributed by atoms with Crippen LogP contribution in [0.3, 0.4) is 0 Å². The molecule has 5 nitrogen and oxygen atoms in total. The molecule has 1 atom stereocenters. The van der Waals surface area contributed by atoms with E-state index >= 15 is 0 Å². The van der Waals surface area contributed by atoms with Crippen LogP contribution in [-0.4, -0.2) is 32.5 Å². The van der Waals surface area contributed by atoms with Gasteiger partial charge < -0.3 is 4.74 Å². The molecule has 6 heteroatoms. The minimum Gasteiger partial charge on any atom is -0.378 e. The molecule has 0 radical (unpaired) electrons. The molecule has 1 heterocycles. The SMILES string of the molecule is N#Cc1ccccc1S(=O)(=O)N1CCOCC1c1ccccc1. The molecule has 2 aromatic rings. The fraction of sp³-hybridized carbons (Fsp3) is 0.235. The van der Waals surface area contributed by atoms with E-state index in [0.717, 1.165) is 5.56 Å². The van der Waals surface area contributed by atoms with Crippen molar-refractivity contribution in [3.63, 3.8) is 0 Å². The minimum absolute atomic E-state index is 0.0466. The predicted octanol–water partition coefficient (Wildman–Crippen LogP) is 2.32. The molecule has 118 valence electrons. The van der Waals surface area contributed by atoms with Gasteiger partial charge in [0.25, 0.3) is 0 Å². The number of morpholine rings is 1. The maximum absolute atomic E-state index is 13.1. The van der Waals surface area contributed by atoms with Crippen molar-refractivity contribution in [3.05, 3.63) is 65.7 Å². The second-order valence-corrected chi connectivity index (χ2v) is 7.08. The molecule has 1 fully saturated rings. The van der Waals surface area contributed by atoms with Crippen LogP contribution in [0.4, 0.5) is 0 Å². The quantitative estimate of drug-likeness (QED) is 0.867. The Kier molecular flexibility index (Phi) is 4.44. The Balaban J connectivity index is 2.05. The maximum atomic E-state index is 13.1. The summed E-state index contributed by atoms with van der Waals surface area (Å²) < 4.78 is 33.1. The molecule has 0 aliphatic carbocycles. The van der Waals surface area contributed by atoms with Crippen LogP contribution in [0.25, 0.3) is 0 Å². The maximum Gasteiger partial charge on any atom is 0.245 e. The van der Waals surface area contributed by atoms with E-state index in [1.54, 1.807) is 12.1 Å². The van der Waals surface area contributed by atoms with Crippen LogP contribution in [-0.2, 0) is 14.8 Å². The number of ether oxygens (including phenoxy) is 1. The molecule has 0 bridgehead atoms. The number of hydrogen-bond acceptors (Lipinski definition) is 4. The Morgan fingerprint density at radius 2 is 1.78 bits per heavy atom. The Hall–Kier alpha value is -2.20.